The summed E-state index contributed by atoms with van der Waals surface area (Å²) in [6.45, 7) is 4.62. The number of ketones is 1. The average Bonchev–Trinajstić information content (AvgIpc) is 2.13. The third kappa shape index (κ3) is 5.85. The quantitative estimate of drug-likeness (QED) is 0.481. The Morgan fingerprint density at radius 3 is 2.47 bits per heavy atom. The lowest BCUT2D eigenvalue weighted by Crippen LogP contribution is -2.40. The summed E-state index contributed by atoms with van der Waals surface area (Å²) in [5, 5.41) is 11.6. The lowest BCUT2D eigenvalue weighted by molar-refractivity contribution is -0.146. The first-order chi connectivity index (χ1) is 7.01. The van der Waals surface area contributed by atoms with E-state index in [1.54, 1.807) is 13.8 Å². The summed E-state index contributed by atoms with van der Waals surface area (Å²) in [7, 11) is 0. The zero-order chi connectivity index (χ0) is 11.8. The summed E-state index contributed by atoms with van der Waals surface area (Å²) in [5.74, 6) is -0.656. The second-order valence-corrected chi connectivity index (χ2v) is 3.07. The van der Waals surface area contributed by atoms with Gasteiger partial charge in [-0.2, -0.15) is 0 Å². The van der Waals surface area contributed by atoms with Gasteiger partial charge in [0.1, 0.15) is 6.04 Å². The zero-order valence-electron chi connectivity index (χ0n) is 9.24. The molecule has 5 heteroatoms. The Balaban J connectivity index is 4.32. The SMILES string of the molecule is CCOC(=O)[C@@H](CO)NC(C)=CC(C)=O. The van der Waals surface area contributed by atoms with E-state index < -0.39 is 12.0 Å². The Kier molecular flexibility index (Phi) is 6.37. The number of aliphatic hydroxyl groups excluding tert-OH is 1. The molecule has 0 saturated carbocycles. The smallest absolute Gasteiger partial charge is 0.330 e. The number of carbonyl (C=O) groups excluding carboxylic acids is 2. The van der Waals surface area contributed by atoms with E-state index in [0.717, 1.165) is 0 Å². The normalized spacial score (nSPS) is 13.2. The number of ether oxygens (including phenoxy) is 1. The molecule has 5 nitrogen and oxygen atoms in total. The molecule has 0 bridgehead atoms. The minimum atomic E-state index is -0.819. The van der Waals surface area contributed by atoms with E-state index in [0.29, 0.717) is 5.70 Å². The first-order valence-electron chi connectivity index (χ1n) is 4.74. The van der Waals surface area contributed by atoms with Crippen molar-refractivity contribution in [2.75, 3.05) is 13.2 Å². The van der Waals surface area contributed by atoms with Crippen molar-refractivity contribution in [3.05, 3.63) is 11.8 Å². The number of nitrogens with one attached hydrogen (secondary N) is 1. The molecule has 0 fully saturated rings. The number of rotatable bonds is 6. The van der Waals surface area contributed by atoms with Gasteiger partial charge in [-0.05, 0) is 26.8 Å². The molecule has 0 aliphatic heterocycles. The number of allylic oxidation sites excluding steroid dienone is 2. The monoisotopic (exact) mass is 215 g/mol. The van der Waals surface area contributed by atoms with Crippen LogP contribution < -0.4 is 5.32 Å². The molecule has 86 valence electrons. The van der Waals surface area contributed by atoms with Gasteiger partial charge in [-0.15, -0.1) is 0 Å². The Morgan fingerprint density at radius 2 is 2.07 bits per heavy atom. The highest BCUT2D eigenvalue weighted by molar-refractivity contribution is 5.88. The fraction of sp³-hybridized carbons (Fsp3) is 0.600. The first kappa shape index (κ1) is 13.6. The predicted octanol–water partition coefficient (Wildman–Crippen LogP) is -0.00720. The van der Waals surface area contributed by atoms with Crippen LogP contribution in [0.2, 0.25) is 0 Å². The van der Waals surface area contributed by atoms with Crippen LogP contribution in [0.15, 0.2) is 11.8 Å². The van der Waals surface area contributed by atoms with Crippen LogP contribution in [0, 0.1) is 0 Å². The van der Waals surface area contributed by atoms with Crippen molar-refractivity contribution in [2.24, 2.45) is 0 Å². The van der Waals surface area contributed by atoms with Crippen LogP contribution >= 0.6 is 0 Å². The van der Waals surface area contributed by atoms with Crippen molar-refractivity contribution in [1.82, 2.24) is 5.32 Å². The molecule has 0 aromatic heterocycles. The van der Waals surface area contributed by atoms with E-state index in [-0.39, 0.29) is 19.0 Å². The van der Waals surface area contributed by atoms with Crippen LogP contribution in [0.1, 0.15) is 20.8 Å². The minimum absolute atomic E-state index is 0.124. The first-order valence-corrected chi connectivity index (χ1v) is 4.74. The highest BCUT2D eigenvalue weighted by Crippen LogP contribution is 1.95. The van der Waals surface area contributed by atoms with Gasteiger partial charge in [-0.25, -0.2) is 4.79 Å². The molecular formula is C10H17NO4. The molecule has 0 aliphatic rings. The largest absolute Gasteiger partial charge is 0.464 e. The Bertz CT molecular complexity index is 260. The average molecular weight is 215 g/mol. The van der Waals surface area contributed by atoms with Crippen molar-refractivity contribution in [3.63, 3.8) is 0 Å². The summed E-state index contributed by atoms with van der Waals surface area (Å²) in [5.41, 5.74) is 0.523. The van der Waals surface area contributed by atoms with Crippen LogP contribution in [0.25, 0.3) is 0 Å². The molecule has 2 N–H and O–H groups in total. The Hall–Kier alpha value is -1.36. The van der Waals surface area contributed by atoms with Crippen molar-refractivity contribution in [3.8, 4) is 0 Å². The number of aliphatic hydroxyl groups is 1. The lowest BCUT2D eigenvalue weighted by atomic mass is 10.2. The van der Waals surface area contributed by atoms with Crippen LogP contribution in [0.3, 0.4) is 0 Å². The number of hydrogen-bond donors (Lipinski definition) is 2. The lowest BCUT2D eigenvalue weighted by Gasteiger charge is -2.15. The zero-order valence-corrected chi connectivity index (χ0v) is 9.24. The summed E-state index contributed by atoms with van der Waals surface area (Å²) in [6, 6.07) is -0.819. The summed E-state index contributed by atoms with van der Waals surface area (Å²) in [6.07, 6.45) is 1.35. The molecular weight excluding hydrogens is 198 g/mol. The van der Waals surface area contributed by atoms with Gasteiger partial charge in [0, 0.05) is 5.70 Å². The maximum Gasteiger partial charge on any atom is 0.330 e. The fourth-order valence-electron chi connectivity index (χ4n) is 1.04. The molecule has 0 saturated heterocycles. The van der Waals surface area contributed by atoms with E-state index >= 15 is 0 Å². The highest BCUT2D eigenvalue weighted by Gasteiger charge is 2.18. The topological polar surface area (TPSA) is 75.6 Å². The molecule has 0 amide bonds. The van der Waals surface area contributed by atoms with Gasteiger partial charge >= 0.3 is 5.97 Å². The van der Waals surface area contributed by atoms with Crippen LogP contribution in [-0.2, 0) is 14.3 Å². The summed E-state index contributed by atoms with van der Waals surface area (Å²) < 4.78 is 4.73. The Labute approximate surface area is 89.1 Å². The highest BCUT2D eigenvalue weighted by atomic mass is 16.5. The second kappa shape index (κ2) is 7.00. The number of esters is 1. The molecule has 0 aromatic carbocycles. The Morgan fingerprint density at radius 1 is 1.47 bits per heavy atom. The fourth-order valence-corrected chi connectivity index (χ4v) is 1.04. The maximum atomic E-state index is 11.2. The van der Waals surface area contributed by atoms with Gasteiger partial charge in [0.05, 0.1) is 13.2 Å². The van der Waals surface area contributed by atoms with Crippen molar-refractivity contribution in [1.29, 1.82) is 0 Å². The van der Waals surface area contributed by atoms with E-state index in [4.69, 9.17) is 9.84 Å². The molecule has 0 heterocycles. The molecule has 0 aliphatic carbocycles. The van der Waals surface area contributed by atoms with Gasteiger partial charge in [0.15, 0.2) is 5.78 Å². The van der Waals surface area contributed by atoms with E-state index in [2.05, 4.69) is 5.32 Å². The summed E-state index contributed by atoms with van der Waals surface area (Å²) >= 11 is 0. The third-order valence-electron chi connectivity index (χ3n) is 1.58. The van der Waals surface area contributed by atoms with Crippen molar-refractivity contribution >= 4 is 11.8 Å². The van der Waals surface area contributed by atoms with Gasteiger partial charge < -0.3 is 15.2 Å². The molecule has 0 unspecified atom stereocenters. The molecule has 0 spiro atoms. The third-order valence-corrected chi connectivity index (χ3v) is 1.58. The number of carbonyl (C=O) groups is 2. The van der Waals surface area contributed by atoms with Crippen LogP contribution in [0.4, 0.5) is 0 Å². The van der Waals surface area contributed by atoms with Gasteiger partial charge in [0.2, 0.25) is 0 Å². The molecule has 15 heavy (non-hydrogen) atoms. The molecule has 0 rings (SSSR count). The van der Waals surface area contributed by atoms with E-state index in [1.807, 2.05) is 0 Å². The molecule has 0 radical (unpaired) electrons. The molecule has 0 aromatic rings. The minimum Gasteiger partial charge on any atom is -0.464 e. The molecule has 1 atom stereocenters. The predicted molar refractivity (Wildman–Crippen MR) is 55.1 cm³/mol. The second-order valence-electron chi connectivity index (χ2n) is 3.07. The van der Waals surface area contributed by atoms with Gasteiger partial charge in [-0.3, -0.25) is 4.79 Å². The van der Waals surface area contributed by atoms with Gasteiger partial charge in [-0.1, -0.05) is 0 Å². The summed E-state index contributed by atoms with van der Waals surface area (Å²) in [4.78, 5) is 22.0. The van der Waals surface area contributed by atoms with Crippen LogP contribution in [0.5, 0.6) is 0 Å². The van der Waals surface area contributed by atoms with Crippen molar-refractivity contribution < 1.29 is 19.4 Å². The van der Waals surface area contributed by atoms with Crippen molar-refractivity contribution in [2.45, 2.75) is 26.8 Å². The van der Waals surface area contributed by atoms with Crippen LogP contribution in [-0.4, -0.2) is 36.1 Å². The van der Waals surface area contributed by atoms with E-state index in [1.165, 1.54) is 13.0 Å². The standard InChI is InChI=1S/C10H17NO4/c1-4-15-10(14)9(6-12)11-7(2)5-8(3)13/h5,9,11-12H,4,6H2,1-3H3/t9-/m1/s1. The number of hydrogen-bond acceptors (Lipinski definition) is 5. The maximum absolute atomic E-state index is 11.2. The van der Waals surface area contributed by atoms with Gasteiger partial charge in [0.25, 0.3) is 0 Å². The van der Waals surface area contributed by atoms with E-state index in [9.17, 15) is 9.59 Å².